The number of hydrogen-bond donors (Lipinski definition) is 1. The average molecular weight is 628 g/mol. The highest BCUT2D eigenvalue weighted by Gasteiger charge is 2.14. The van der Waals surface area contributed by atoms with E-state index in [1.54, 1.807) is 0 Å². The molecule has 262 valence electrons. The third-order valence-corrected chi connectivity index (χ3v) is 8.51. The number of carbonyl (C=O) groups excluding carboxylic acids is 1. The van der Waals surface area contributed by atoms with Crippen LogP contribution in [0.3, 0.4) is 0 Å². The van der Waals surface area contributed by atoms with Crippen LogP contribution in [0.1, 0.15) is 194 Å². The summed E-state index contributed by atoms with van der Waals surface area (Å²) in [6.07, 6.45) is 51.7. The maximum atomic E-state index is 12.4. The monoisotopic (exact) mass is 628 g/mol. The first-order valence-corrected chi connectivity index (χ1v) is 19.7. The van der Waals surface area contributed by atoms with Crippen molar-refractivity contribution >= 4 is 5.97 Å². The van der Waals surface area contributed by atoms with Crippen LogP contribution in [-0.2, 0) is 9.53 Å². The van der Waals surface area contributed by atoms with Crippen molar-refractivity contribution in [1.29, 1.82) is 0 Å². The normalized spacial score (nSPS) is 12.3. The Kier molecular flexibility index (Phi) is 37.2. The first-order valence-electron chi connectivity index (χ1n) is 19.7. The van der Waals surface area contributed by atoms with Crippen molar-refractivity contribution in [2.24, 2.45) is 0 Å². The molecule has 0 aliphatic heterocycles. The molecule has 3 heteroatoms. The van der Waals surface area contributed by atoms with Crippen molar-refractivity contribution in [3.8, 4) is 0 Å². The fraction of sp³-hybridized carbons (Fsp3) is 0.786. The molecule has 0 radical (unpaired) electrons. The second-order valence-electron chi connectivity index (χ2n) is 13.0. The zero-order valence-corrected chi connectivity index (χ0v) is 30.5. The third kappa shape index (κ3) is 36.7. The van der Waals surface area contributed by atoms with Crippen molar-refractivity contribution in [2.75, 3.05) is 13.1 Å². The predicted molar refractivity (Wildman–Crippen MR) is 201 cm³/mol. The van der Waals surface area contributed by atoms with Gasteiger partial charge in [0.25, 0.3) is 0 Å². The zero-order valence-electron chi connectivity index (χ0n) is 30.5. The quantitative estimate of drug-likeness (QED) is 0.0431. The van der Waals surface area contributed by atoms with E-state index in [2.05, 4.69) is 74.7 Å². The molecule has 0 aromatic carbocycles. The molecule has 0 rings (SSSR count). The summed E-state index contributed by atoms with van der Waals surface area (Å²) in [4.78, 5) is 12.4. The fourth-order valence-corrected chi connectivity index (χ4v) is 5.59. The number of esters is 1. The summed E-state index contributed by atoms with van der Waals surface area (Å²) in [5, 5.41) is 3.24. The van der Waals surface area contributed by atoms with Gasteiger partial charge in [-0.1, -0.05) is 146 Å². The Morgan fingerprint density at radius 1 is 0.511 bits per heavy atom. The number of allylic oxidation sites excluding steroid dienone is 8. The smallest absolute Gasteiger partial charge is 0.307 e. The van der Waals surface area contributed by atoms with Crippen LogP contribution in [0.25, 0.3) is 0 Å². The highest BCUT2D eigenvalue weighted by atomic mass is 16.5. The molecule has 0 atom stereocenters. The van der Waals surface area contributed by atoms with E-state index in [4.69, 9.17) is 4.74 Å². The van der Waals surface area contributed by atoms with Gasteiger partial charge in [-0.15, -0.1) is 0 Å². The van der Waals surface area contributed by atoms with Crippen LogP contribution in [0.4, 0.5) is 0 Å². The van der Waals surface area contributed by atoms with Crippen LogP contribution in [0.2, 0.25) is 0 Å². The predicted octanol–water partition coefficient (Wildman–Crippen LogP) is 13.3. The van der Waals surface area contributed by atoms with Gasteiger partial charge in [-0.2, -0.15) is 0 Å². The standard InChI is InChI=1S/C42H77NO2/c1-4-7-9-11-13-15-17-19-21-23-25-27-29-31-33-35-37-41(45-42(44)39-40-43-6-3)38-36-34-32-30-28-26-24-22-20-18-16-14-12-10-8-5-2/h13-16,19-22,41,43H,4-12,17-18,23-40H2,1-3H3/b15-13-,16-14-,21-19-,22-20-. The number of rotatable bonds is 35. The van der Waals surface area contributed by atoms with E-state index in [-0.39, 0.29) is 12.1 Å². The highest BCUT2D eigenvalue weighted by molar-refractivity contribution is 5.69. The van der Waals surface area contributed by atoms with Gasteiger partial charge < -0.3 is 10.1 Å². The molecule has 0 aliphatic carbocycles. The van der Waals surface area contributed by atoms with Crippen molar-refractivity contribution in [2.45, 2.75) is 200 Å². The van der Waals surface area contributed by atoms with E-state index in [1.807, 2.05) is 0 Å². The fourth-order valence-electron chi connectivity index (χ4n) is 5.59. The summed E-state index contributed by atoms with van der Waals surface area (Å²) in [7, 11) is 0. The largest absolute Gasteiger partial charge is 0.462 e. The van der Waals surface area contributed by atoms with E-state index in [9.17, 15) is 4.79 Å². The molecule has 0 unspecified atom stereocenters. The van der Waals surface area contributed by atoms with Crippen LogP contribution in [-0.4, -0.2) is 25.2 Å². The molecule has 45 heavy (non-hydrogen) atoms. The lowest BCUT2D eigenvalue weighted by molar-refractivity contribution is -0.149. The van der Waals surface area contributed by atoms with E-state index < -0.39 is 0 Å². The van der Waals surface area contributed by atoms with Gasteiger partial charge in [-0.25, -0.2) is 0 Å². The molecule has 0 spiro atoms. The summed E-state index contributed by atoms with van der Waals surface area (Å²) in [5.74, 6) is -0.0268. The Labute approximate surface area is 282 Å². The van der Waals surface area contributed by atoms with E-state index >= 15 is 0 Å². The topological polar surface area (TPSA) is 38.3 Å². The van der Waals surface area contributed by atoms with E-state index in [0.29, 0.717) is 6.42 Å². The van der Waals surface area contributed by atoms with Crippen LogP contribution in [0.5, 0.6) is 0 Å². The Morgan fingerprint density at radius 3 is 1.29 bits per heavy atom. The first-order chi connectivity index (χ1) is 22.2. The zero-order chi connectivity index (χ0) is 32.7. The first kappa shape index (κ1) is 43.4. The number of ether oxygens (including phenoxy) is 1. The molecule has 0 amide bonds. The van der Waals surface area contributed by atoms with Gasteiger partial charge in [-0.3, -0.25) is 4.79 Å². The van der Waals surface area contributed by atoms with Crippen molar-refractivity contribution in [3.05, 3.63) is 48.6 Å². The molecule has 0 aromatic heterocycles. The second-order valence-corrected chi connectivity index (χ2v) is 13.0. The van der Waals surface area contributed by atoms with Gasteiger partial charge in [0.2, 0.25) is 0 Å². The van der Waals surface area contributed by atoms with E-state index in [0.717, 1.165) is 38.8 Å². The summed E-state index contributed by atoms with van der Waals surface area (Å²) >= 11 is 0. The average Bonchev–Trinajstić information content (AvgIpc) is 3.04. The minimum atomic E-state index is -0.0268. The molecule has 0 saturated carbocycles. The summed E-state index contributed by atoms with van der Waals surface area (Å²) in [5.41, 5.74) is 0. The van der Waals surface area contributed by atoms with Gasteiger partial charge in [0.15, 0.2) is 0 Å². The van der Waals surface area contributed by atoms with Gasteiger partial charge >= 0.3 is 5.97 Å². The molecule has 1 N–H and O–H groups in total. The number of unbranched alkanes of at least 4 members (excludes halogenated alkanes) is 18. The van der Waals surface area contributed by atoms with Crippen molar-refractivity contribution in [1.82, 2.24) is 5.32 Å². The molecule has 3 nitrogen and oxygen atoms in total. The summed E-state index contributed by atoms with van der Waals surface area (Å²) < 4.78 is 5.94. The molecule has 0 saturated heterocycles. The molecule has 0 aromatic rings. The van der Waals surface area contributed by atoms with Crippen LogP contribution in [0, 0.1) is 0 Å². The summed E-state index contributed by atoms with van der Waals surface area (Å²) in [6, 6.07) is 0. The van der Waals surface area contributed by atoms with Crippen molar-refractivity contribution < 1.29 is 9.53 Å². The Morgan fingerprint density at radius 2 is 0.889 bits per heavy atom. The van der Waals surface area contributed by atoms with Gasteiger partial charge in [0.05, 0.1) is 6.42 Å². The lowest BCUT2D eigenvalue weighted by Gasteiger charge is -2.18. The van der Waals surface area contributed by atoms with Gasteiger partial charge in [-0.05, 0) is 96.4 Å². The number of nitrogens with one attached hydrogen (secondary N) is 1. The number of carbonyl (C=O) groups is 1. The lowest BCUT2D eigenvalue weighted by Crippen LogP contribution is -2.23. The maximum Gasteiger partial charge on any atom is 0.307 e. The van der Waals surface area contributed by atoms with Gasteiger partial charge in [0, 0.05) is 6.54 Å². The number of hydrogen-bond acceptors (Lipinski definition) is 3. The molecule has 0 fully saturated rings. The Bertz CT molecular complexity index is 659. The second kappa shape index (κ2) is 38.6. The Hall–Kier alpha value is -1.61. The van der Waals surface area contributed by atoms with Crippen LogP contribution < -0.4 is 5.32 Å². The third-order valence-electron chi connectivity index (χ3n) is 8.51. The maximum absolute atomic E-state index is 12.4. The summed E-state index contributed by atoms with van der Waals surface area (Å²) in [6.45, 7) is 8.21. The highest BCUT2D eigenvalue weighted by Crippen LogP contribution is 2.18. The Balaban J connectivity index is 3.95. The van der Waals surface area contributed by atoms with Crippen LogP contribution >= 0.6 is 0 Å². The minimum Gasteiger partial charge on any atom is -0.462 e. The molecular weight excluding hydrogens is 550 g/mol. The molecule has 0 bridgehead atoms. The molecule has 0 heterocycles. The molecular formula is C42H77NO2. The SMILES string of the molecule is CCCCC/C=C\C/C=C\CCCCCCCCC(CCCCCCCC/C=C\C/C=C\CCCCC)OC(=O)CCNCC. The lowest BCUT2D eigenvalue weighted by atomic mass is 10.0. The van der Waals surface area contributed by atoms with Crippen molar-refractivity contribution in [3.63, 3.8) is 0 Å². The van der Waals surface area contributed by atoms with Crippen LogP contribution in [0.15, 0.2) is 48.6 Å². The van der Waals surface area contributed by atoms with Gasteiger partial charge in [0.1, 0.15) is 6.10 Å². The van der Waals surface area contributed by atoms with E-state index in [1.165, 1.54) is 141 Å². The molecule has 0 aliphatic rings. The minimum absolute atomic E-state index is 0.0268.